The van der Waals surface area contributed by atoms with Crippen LogP contribution in [0.5, 0.6) is 0 Å². The van der Waals surface area contributed by atoms with E-state index in [1.165, 1.54) is 0 Å². The third-order valence-electron chi connectivity index (χ3n) is 5.46. The van der Waals surface area contributed by atoms with Crippen LogP contribution in [0.2, 0.25) is 0 Å². The molecule has 0 aliphatic heterocycles. The molecule has 1 atom stereocenters. The Labute approximate surface area is 175 Å². The fraction of sp³-hybridized carbons (Fsp3) is 0.304. The molecular weight excluding hydrogens is 376 g/mol. The standard InChI is InChI=1S/C23H26N6O/c1-15-13-22-25-17(3)21(18(4)29(22)27-15)9-10-23(30)26-16(2)19-5-7-20(8-6-19)28-12-11-24-14-28/h5-8,11-14,16H,9-10H2,1-4H3,(H,26,30)/t16-/m0/s1. The summed E-state index contributed by atoms with van der Waals surface area (Å²) < 4.78 is 3.81. The van der Waals surface area contributed by atoms with Crippen LogP contribution in [-0.4, -0.2) is 30.1 Å². The van der Waals surface area contributed by atoms with Crippen molar-refractivity contribution in [1.82, 2.24) is 29.5 Å². The molecule has 1 N–H and O–H groups in total. The molecule has 0 fully saturated rings. The average molecular weight is 403 g/mol. The maximum absolute atomic E-state index is 12.6. The number of amides is 1. The monoisotopic (exact) mass is 402 g/mol. The number of fused-ring (bicyclic) bond motifs is 1. The number of nitrogens with zero attached hydrogens (tertiary/aromatic N) is 5. The molecule has 4 rings (SSSR count). The van der Waals surface area contributed by atoms with Gasteiger partial charge in [-0.2, -0.15) is 5.10 Å². The highest BCUT2D eigenvalue weighted by Gasteiger charge is 2.14. The quantitative estimate of drug-likeness (QED) is 0.534. The van der Waals surface area contributed by atoms with E-state index in [0.29, 0.717) is 12.8 Å². The van der Waals surface area contributed by atoms with Crippen LogP contribution in [0.1, 0.15) is 47.6 Å². The largest absolute Gasteiger partial charge is 0.350 e. The Kier molecular flexibility index (Phi) is 5.35. The zero-order chi connectivity index (χ0) is 21.3. The third-order valence-corrected chi connectivity index (χ3v) is 5.46. The number of hydrogen-bond acceptors (Lipinski definition) is 4. The molecule has 30 heavy (non-hydrogen) atoms. The molecule has 3 heterocycles. The zero-order valence-electron chi connectivity index (χ0n) is 17.8. The summed E-state index contributed by atoms with van der Waals surface area (Å²) in [5.74, 6) is 0.0247. The molecule has 0 saturated heterocycles. The maximum atomic E-state index is 12.6. The van der Waals surface area contributed by atoms with Crippen molar-refractivity contribution in [3.05, 3.63) is 77.3 Å². The molecule has 7 nitrogen and oxygen atoms in total. The minimum absolute atomic E-state index is 0.0247. The van der Waals surface area contributed by atoms with Gasteiger partial charge < -0.3 is 9.88 Å². The van der Waals surface area contributed by atoms with Crippen molar-refractivity contribution in [1.29, 1.82) is 0 Å². The van der Waals surface area contributed by atoms with E-state index in [-0.39, 0.29) is 11.9 Å². The lowest BCUT2D eigenvalue weighted by Crippen LogP contribution is -2.27. The van der Waals surface area contributed by atoms with Gasteiger partial charge in [0.05, 0.1) is 18.1 Å². The summed E-state index contributed by atoms with van der Waals surface area (Å²) in [6.07, 6.45) is 6.47. The van der Waals surface area contributed by atoms with Gasteiger partial charge >= 0.3 is 0 Å². The van der Waals surface area contributed by atoms with Crippen LogP contribution >= 0.6 is 0 Å². The summed E-state index contributed by atoms with van der Waals surface area (Å²) >= 11 is 0. The van der Waals surface area contributed by atoms with Gasteiger partial charge in [0.2, 0.25) is 5.91 Å². The van der Waals surface area contributed by atoms with Crippen molar-refractivity contribution >= 4 is 11.6 Å². The summed E-state index contributed by atoms with van der Waals surface area (Å²) in [4.78, 5) is 21.3. The number of aromatic nitrogens is 5. The van der Waals surface area contributed by atoms with Crippen LogP contribution in [0.3, 0.4) is 0 Å². The SMILES string of the molecule is Cc1cc2nc(C)c(CCC(=O)N[C@@H](C)c3ccc(-n4ccnc4)cc3)c(C)n2n1. The Hall–Kier alpha value is -3.48. The van der Waals surface area contributed by atoms with Gasteiger partial charge in [0.15, 0.2) is 5.65 Å². The molecule has 1 amide bonds. The smallest absolute Gasteiger partial charge is 0.220 e. The Bertz CT molecular complexity index is 1170. The van der Waals surface area contributed by atoms with Crippen LogP contribution in [0.4, 0.5) is 0 Å². The molecule has 0 radical (unpaired) electrons. The highest BCUT2D eigenvalue weighted by molar-refractivity contribution is 5.76. The molecule has 1 aromatic carbocycles. The van der Waals surface area contributed by atoms with E-state index in [9.17, 15) is 4.79 Å². The van der Waals surface area contributed by atoms with Gasteiger partial charge in [-0.1, -0.05) is 12.1 Å². The number of rotatable bonds is 6. The van der Waals surface area contributed by atoms with E-state index in [0.717, 1.165) is 39.5 Å². The molecule has 0 spiro atoms. The number of carbonyl (C=O) groups excluding carboxylic acids is 1. The summed E-state index contributed by atoms with van der Waals surface area (Å²) in [6.45, 7) is 7.99. The Morgan fingerprint density at radius 2 is 1.93 bits per heavy atom. The van der Waals surface area contributed by atoms with Gasteiger partial charge in [-0.05, 0) is 57.4 Å². The summed E-state index contributed by atoms with van der Waals surface area (Å²) in [5.41, 5.74) is 6.97. The zero-order valence-corrected chi connectivity index (χ0v) is 17.8. The van der Waals surface area contributed by atoms with Crippen molar-refractivity contribution in [2.45, 2.75) is 46.6 Å². The summed E-state index contributed by atoms with van der Waals surface area (Å²) in [6, 6.07) is 10.0. The minimum atomic E-state index is -0.0640. The van der Waals surface area contributed by atoms with Gasteiger partial charge in [-0.15, -0.1) is 0 Å². The first-order valence-electron chi connectivity index (χ1n) is 10.1. The molecule has 3 aromatic heterocycles. The fourth-order valence-corrected chi connectivity index (χ4v) is 3.79. The number of aryl methyl sites for hydroxylation is 3. The van der Waals surface area contributed by atoms with Gasteiger partial charge in [0, 0.05) is 42.0 Å². The number of carbonyl (C=O) groups is 1. The van der Waals surface area contributed by atoms with Crippen LogP contribution < -0.4 is 5.32 Å². The molecule has 0 bridgehead atoms. The van der Waals surface area contributed by atoms with Gasteiger partial charge in [-0.3, -0.25) is 4.79 Å². The predicted molar refractivity (Wildman–Crippen MR) is 116 cm³/mol. The van der Waals surface area contributed by atoms with Crippen LogP contribution in [0, 0.1) is 20.8 Å². The first-order valence-corrected chi connectivity index (χ1v) is 10.1. The van der Waals surface area contributed by atoms with E-state index < -0.39 is 0 Å². The van der Waals surface area contributed by atoms with Crippen molar-refractivity contribution in [3.8, 4) is 5.69 Å². The van der Waals surface area contributed by atoms with Crippen LogP contribution in [-0.2, 0) is 11.2 Å². The Morgan fingerprint density at radius 3 is 2.63 bits per heavy atom. The molecule has 0 unspecified atom stereocenters. The molecule has 154 valence electrons. The lowest BCUT2D eigenvalue weighted by molar-refractivity contribution is -0.121. The predicted octanol–water partition coefficient (Wildman–Crippen LogP) is 3.65. The maximum Gasteiger partial charge on any atom is 0.220 e. The normalized spacial score (nSPS) is 12.3. The van der Waals surface area contributed by atoms with Crippen molar-refractivity contribution in [3.63, 3.8) is 0 Å². The second kappa shape index (κ2) is 8.10. The Balaban J connectivity index is 1.39. The molecule has 0 saturated carbocycles. The second-order valence-electron chi connectivity index (χ2n) is 7.67. The lowest BCUT2D eigenvalue weighted by atomic mass is 10.0. The Morgan fingerprint density at radius 1 is 1.17 bits per heavy atom. The van der Waals surface area contributed by atoms with Gasteiger partial charge in [0.1, 0.15) is 0 Å². The van der Waals surface area contributed by atoms with Crippen molar-refractivity contribution < 1.29 is 4.79 Å². The number of benzene rings is 1. The topological polar surface area (TPSA) is 77.1 Å². The van der Waals surface area contributed by atoms with E-state index >= 15 is 0 Å². The van der Waals surface area contributed by atoms with E-state index in [1.54, 1.807) is 12.5 Å². The lowest BCUT2D eigenvalue weighted by Gasteiger charge is -2.16. The average Bonchev–Trinajstić information content (AvgIpc) is 3.37. The molecule has 0 aliphatic rings. The molecule has 7 heteroatoms. The highest BCUT2D eigenvalue weighted by atomic mass is 16.1. The van der Waals surface area contributed by atoms with Gasteiger partial charge in [-0.25, -0.2) is 14.5 Å². The number of nitrogens with one attached hydrogen (secondary N) is 1. The summed E-state index contributed by atoms with van der Waals surface area (Å²) in [5, 5.41) is 7.60. The second-order valence-corrected chi connectivity index (χ2v) is 7.67. The molecule has 4 aromatic rings. The van der Waals surface area contributed by atoms with Gasteiger partial charge in [0.25, 0.3) is 0 Å². The fourth-order valence-electron chi connectivity index (χ4n) is 3.79. The molecule has 0 aliphatic carbocycles. The van der Waals surface area contributed by atoms with E-state index in [4.69, 9.17) is 0 Å². The summed E-state index contributed by atoms with van der Waals surface area (Å²) in [7, 11) is 0. The number of hydrogen-bond donors (Lipinski definition) is 1. The molecular formula is C23H26N6O. The number of imidazole rings is 1. The van der Waals surface area contributed by atoms with Crippen molar-refractivity contribution in [2.75, 3.05) is 0 Å². The first kappa shape index (κ1) is 19.8. The van der Waals surface area contributed by atoms with E-state index in [2.05, 4.69) is 20.4 Å². The highest BCUT2D eigenvalue weighted by Crippen LogP contribution is 2.18. The first-order chi connectivity index (χ1) is 14.4. The van der Waals surface area contributed by atoms with Crippen LogP contribution in [0.25, 0.3) is 11.3 Å². The minimum Gasteiger partial charge on any atom is -0.350 e. The van der Waals surface area contributed by atoms with E-state index in [1.807, 2.05) is 73.3 Å². The van der Waals surface area contributed by atoms with Crippen LogP contribution in [0.15, 0.2) is 49.1 Å². The van der Waals surface area contributed by atoms with Crippen molar-refractivity contribution in [2.24, 2.45) is 0 Å². The third kappa shape index (κ3) is 3.96.